The van der Waals surface area contributed by atoms with Crippen molar-refractivity contribution in [3.05, 3.63) is 35.9 Å². The first-order chi connectivity index (χ1) is 14.5. The summed E-state index contributed by atoms with van der Waals surface area (Å²) in [6.07, 6.45) is 5.59. The lowest BCUT2D eigenvalue weighted by atomic mass is 9.83. The number of hydrogen-bond donors (Lipinski definition) is 1. The summed E-state index contributed by atoms with van der Waals surface area (Å²) in [6, 6.07) is 9.23. The molecule has 1 aliphatic carbocycles. The molecular weight excluding hydrogens is 406 g/mol. The second-order valence-electron chi connectivity index (χ2n) is 10.5. The first-order valence-electron chi connectivity index (χ1n) is 11.6. The number of alkyl carbamates (subject to hydrolysis) is 1. The summed E-state index contributed by atoms with van der Waals surface area (Å²) in [4.78, 5) is 25.4. The molecule has 2 rings (SSSR count). The minimum Gasteiger partial charge on any atom is -0.445 e. The Hall–Kier alpha value is -1.66. The fraction of sp³-hybridized carbons (Fsp3) is 0.680. The molecule has 1 aromatic carbocycles. The van der Waals surface area contributed by atoms with Crippen molar-refractivity contribution in [1.29, 1.82) is 0 Å². The number of benzene rings is 1. The molecule has 1 saturated carbocycles. The molecule has 6 heteroatoms. The van der Waals surface area contributed by atoms with E-state index in [2.05, 4.69) is 39.2 Å². The number of rotatable bonds is 9. The molecule has 0 spiro atoms. The van der Waals surface area contributed by atoms with Gasteiger partial charge in [-0.05, 0) is 43.0 Å². The van der Waals surface area contributed by atoms with Gasteiger partial charge in [0.05, 0.1) is 6.04 Å². The fourth-order valence-electron chi connectivity index (χ4n) is 3.90. The topological polar surface area (TPSA) is 64.6 Å². The van der Waals surface area contributed by atoms with Crippen molar-refractivity contribution in [2.45, 2.75) is 103 Å². The Balaban J connectivity index is 2.14. The molecule has 31 heavy (non-hydrogen) atoms. The van der Waals surface area contributed by atoms with E-state index in [-0.39, 0.29) is 23.5 Å². The second kappa shape index (κ2) is 11.3. The third-order valence-electron chi connectivity index (χ3n) is 6.82. The Labute approximate surface area is 189 Å². The van der Waals surface area contributed by atoms with E-state index in [1.165, 1.54) is 19.3 Å². The zero-order chi connectivity index (χ0) is 23.1. The molecular formula is C25H41NO4Si. The van der Waals surface area contributed by atoms with Crippen molar-refractivity contribution in [3.63, 3.8) is 0 Å². The van der Waals surface area contributed by atoms with Crippen LogP contribution in [0, 0.1) is 5.92 Å². The summed E-state index contributed by atoms with van der Waals surface area (Å²) in [5.74, 6) is 0.465. The van der Waals surface area contributed by atoms with Gasteiger partial charge < -0.3 is 14.5 Å². The SMILES string of the molecule is CC(=O)C(O[Si](C)(C)C(C)(C)C)C(CC1CCCCC1)NC(=O)OCc1ccccc1. The Bertz CT molecular complexity index is 708. The van der Waals surface area contributed by atoms with Gasteiger partial charge in [-0.3, -0.25) is 4.79 Å². The first kappa shape index (κ1) is 25.6. The van der Waals surface area contributed by atoms with Crippen LogP contribution >= 0.6 is 0 Å². The standard InChI is InChI=1S/C25H41NO4Si/c1-19(27)23(30-31(5,6)25(2,3)4)22(17-20-13-9-7-10-14-20)26-24(28)29-18-21-15-11-8-12-16-21/h8,11-12,15-16,20,22-23H,7,9-10,13-14,17-18H2,1-6H3,(H,26,28). The van der Waals surface area contributed by atoms with E-state index < -0.39 is 20.5 Å². The Morgan fingerprint density at radius 2 is 1.71 bits per heavy atom. The lowest BCUT2D eigenvalue weighted by Gasteiger charge is -2.41. The third kappa shape index (κ3) is 8.07. The van der Waals surface area contributed by atoms with E-state index in [1.807, 2.05) is 30.3 Å². The van der Waals surface area contributed by atoms with Crippen LogP contribution in [0.4, 0.5) is 4.79 Å². The van der Waals surface area contributed by atoms with Gasteiger partial charge in [0.2, 0.25) is 0 Å². The molecule has 0 radical (unpaired) electrons. The molecule has 0 bridgehead atoms. The predicted molar refractivity (Wildman–Crippen MR) is 127 cm³/mol. The molecule has 0 aromatic heterocycles. The van der Waals surface area contributed by atoms with Crippen LogP contribution in [0.2, 0.25) is 18.1 Å². The smallest absolute Gasteiger partial charge is 0.407 e. The maximum Gasteiger partial charge on any atom is 0.407 e. The third-order valence-corrected chi connectivity index (χ3v) is 11.3. The maximum absolute atomic E-state index is 12.7. The van der Waals surface area contributed by atoms with Crippen molar-refractivity contribution in [2.24, 2.45) is 5.92 Å². The number of ether oxygens (including phenoxy) is 1. The molecule has 1 amide bonds. The molecule has 2 unspecified atom stereocenters. The molecule has 1 aliphatic rings. The molecule has 5 nitrogen and oxygen atoms in total. The van der Waals surface area contributed by atoms with Gasteiger partial charge in [-0.15, -0.1) is 0 Å². The summed E-state index contributed by atoms with van der Waals surface area (Å²) in [6.45, 7) is 12.6. The molecule has 0 saturated heterocycles. The summed E-state index contributed by atoms with van der Waals surface area (Å²) in [5, 5.41) is 2.98. The normalized spacial score (nSPS) is 17.6. The Morgan fingerprint density at radius 1 is 1.10 bits per heavy atom. The quantitative estimate of drug-likeness (QED) is 0.456. The second-order valence-corrected chi connectivity index (χ2v) is 15.2. The molecule has 1 aromatic rings. The highest BCUT2D eigenvalue weighted by atomic mass is 28.4. The van der Waals surface area contributed by atoms with Gasteiger partial charge in [-0.1, -0.05) is 83.2 Å². The highest BCUT2D eigenvalue weighted by Crippen LogP contribution is 2.38. The van der Waals surface area contributed by atoms with Crippen LogP contribution in [0.25, 0.3) is 0 Å². The summed E-state index contributed by atoms with van der Waals surface area (Å²) in [5.41, 5.74) is 0.933. The van der Waals surface area contributed by atoms with Gasteiger partial charge in [0, 0.05) is 0 Å². The zero-order valence-corrected chi connectivity index (χ0v) is 21.2. The summed E-state index contributed by atoms with van der Waals surface area (Å²) >= 11 is 0. The highest BCUT2D eigenvalue weighted by molar-refractivity contribution is 6.74. The number of amides is 1. The van der Waals surface area contributed by atoms with E-state index in [1.54, 1.807) is 6.92 Å². The van der Waals surface area contributed by atoms with Crippen LogP contribution in [-0.2, 0) is 20.6 Å². The summed E-state index contributed by atoms with van der Waals surface area (Å²) in [7, 11) is -2.19. The summed E-state index contributed by atoms with van der Waals surface area (Å²) < 4.78 is 12.0. The molecule has 2 atom stereocenters. The largest absolute Gasteiger partial charge is 0.445 e. The highest BCUT2D eigenvalue weighted by Gasteiger charge is 2.43. The lowest BCUT2D eigenvalue weighted by Crippen LogP contribution is -2.55. The average molecular weight is 448 g/mol. The number of carbonyl (C=O) groups excluding carboxylic acids is 2. The van der Waals surface area contributed by atoms with Crippen LogP contribution in [0.15, 0.2) is 30.3 Å². The van der Waals surface area contributed by atoms with Gasteiger partial charge >= 0.3 is 6.09 Å². The van der Waals surface area contributed by atoms with Crippen LogP contribution in [-0.4, -0.2) is 32.3 Å². The molecule has 1 fully saturated rings. The minimum absolute atomic E-state index is 0.0239. The van der Waals surface area contributed by atoms with Crippen molar-refractivity contribution in [3.8, 4) is 0 Å². The van der Waals surface area contributed by atoms with Crippen LogP contribution in [0.1, 0.15) is 71.8 Å². The Kier molecular flexibility index (Phi) is 9.31. The molecule has 0 aliphatic heterocycles. The van der Waals surface area contributed by atoms with Gasteiger partial charge in [0.25, 0.3) is 0 Å². The van der Waals surface area contributed by atoms with Gasteiger partial charge in [-0.2, -0.15) is 0 Å². The van der Waals surface area contributed by atoms with Crippen LogP contribution < -0.4 is 5.32 Å². The van der Waals surface area contributed by atoms with E-state index in [0.717, 1.165) is 24.8 Å². The molecule has 174 valence electrons. The lowest BCUT2D eigenvalue weighted by molar-refractivity contribution is -0.125. The van der Waals surface area contributed by atoms with Crippen molar-refractivity contribution in [1.82, 2.24) is 5.32 Å². The molecule has 1 N–H and O–H groups in total. The number of Topliss-reactive ketones (excluding diaryl/α,β-unsaturated/α-hetero) is 1. The van der Waals surface area contributed by atoms with Crippen LogP contribution in [0.5, 0.6) is 0 Å². The number of ketones is 1. The Morgan fingerprint density at radius 3 is 2.26 bits per heavy atom. The van der Waals surface area contributed by atoms with E-state index in [0.29, 0.717) is 5.92 Å². The van der Waals surface area contributed by atoms with E-state index in [9.17, 15) is 9.59 Å². The van der Waals surface area contributed by atoms with Crippen molar-refractivity contribution in [2.75, 3.05) is 0 Å². The van der Waals surface area contributed by atoms with Gasteiger partial charge in [-0.25, -0.2) is 4.79 Å². The first-order valence-corrected chi connectivity index (χ1v) is 14.6. The van der Waals surface area contributed by atoms with Gasteiger partial charge in [0.1, 0.15) is 12.7 Å². The van der Waals surface area contributed by atoms with E-state index in [4.69, 9.17) is 9.16 Å². The fourth-order valence-corrected chi connectivity index (χ4v) is 5.22. The number of hydrogen-bond acceptors (Lipinski definition) is 4. The van der Waals surface area contributed by atoms with Crippen molar-refractivity contribution >= 4 is 20.2 Å². The zero-order valence-electron chi connectivity index (χ0n) is 20.2. The minimum atomic E-state index is -2.19. The predicted octanol–water partition coefficient (Wildman–Crippen LogP) is 6.23. The number of nitrogens with one attached hydrogen (secondary N) is 1. The van der Waals surface area contributed by atoms with Crippen molar-refractivity contribution < 1.29 is 18.8 Å². The maximum atomic E-state index is 12.7. The molecule has 0 heterocycles. The number of carbonyl (C=O) groups is 2. The van der Waals surface area contributed by atoms with E-state index >= 15 is 0 Å². The average Bonchev–Trinajstić information content (AvgIpc) is 2.70. The van der Waals surface area contributed by atoms with Gasteiger partial charge in [0.15, 0.2) is 14.1 Å². The van der Waals surface area contributed by atoms with Crippen LogP contribution in [0.3, 0.4) is 0 Å². The monoisotopic (exact) mass is 447 g/mol.